The molecule has 0 fully saturated rings. The number of carbonyl (C=O) groups is 1. The van der Waals surface area contributed by atoms with E-state index in [1.165, 1.54) is 0 Å². The summed E-state index contributed by atoms with van der Waals surface area (Å²) in [5.74, 6) is -0.321. The first-order chi connectivity index (χ1) is 9.61. The predicted octanol–water partition coefficient (Wildman–Crippen LogP) is 3.02. The topological polar surface area (TPSA) is 62.0 Å². The molecule has 2 heterocycles. The van der Waals surface area contributed by atoms with Crippen molar-refractivity contribution < 1.29 is 4.79 Å². The maximum absolute atomic E-state index is 12.2. The number of aryl methyl sites for hydroxylation is 1. The van der Waals surface area contributed by atoms with Crippen molar-refractivity contribution in [2.45, 2.75) is 32.7 Å². The fourth-order valence-corrected chi connectivity index (χ4v) is 2.86. The minimum Gasteiger partial charge on any atom is -0.344 e. The first-order valence-electron chi connectivity index (χ1n) is 6.66. The highest BCUT2D eigenvalue weighted by Gasteiger charge is 2.17. The molecule has 0 aliphatic heterocycles. The van der Waals surface area contributed by atoms with E-state index >= 15 is 0 Å². The molecule has 0 aliphatic rings. The summed E-state index contributed by atoms with van der Waals surface area (Å²) in [6, 6.07) is 7.24. The van der Waals surface area contributed by atoms with Gasteiger partial charge < -0.3 is 10.3 Å². The van der Waals surface area contributed by atoms with Crippen molar-refractivity contribution in [3.05, 3.63) is 56.1 Å². The molecule has 2 N–H and O–H groups in total. The van der Waals surface area contributed by atoms with Crippen LogP contribution in [0.1, 0.15) is 46.7 Å². The van der Waals surface area contributed by atoms with E-state index in [4.69, 9.17) is 0 Å². The minimum absolute atomic E-state index is 0.0341. The highest BCUT2D eigenvalue weighted by molar-refractivity contribution is 7.10. The summed E-state index contributed by atoms with van der Waals surface area (Å²) in [4.78, 5) is 27.8. The Hall–Kier alpha value is -1.88. The number of pyridine rings is 1. The van der Waals surface area contributed by atoms with Crippen molar-refractivity contribution in [1.29, 1.82) is 0 Å². The van der Waals surface area contributed by atoms with Crippen LogP contribution in [-0.2, 0) is 0 Å². The molecule has 0 aromatic carbocycles. The second-order valence-corrected chi connectivity index (χ2v) is 5.69. The molecule has 0 saturated carbocycles. The quantitative estimate of drug-likeness (QED) is 0.889. The smallest absolute Gasteiger partial charge is 0.260 e. The molecule has 0 spiro atoms. The molecule has 2 aromatic rings. The predicted molar refractivity (Wildman–Crippen MR) is 81.2 cm³/mol. The second kappa shape index (κ2) is 6.52. The van der Waals surface area contributed by atoms with Crippen LogP contribution in [0.5, 0.6) is 0 Å². The third-order valence-corrected chi connectivity index (χ3v) is 4.06. The highest BCUT2D eigenvalue weighted by atomic mass is 32.1. The lowest BCUT2D eigenvalue weighted by atomic mass is 10.1. The number of thiophene rings is 1. The number of H-pyrrole nitrogens is 1. The fraction of sp³-hybridized carbons (Fsp3) is 0.333. The van der Waals surface area contributed by atoms with Gasteiger partial charge in [0.1, 0.15) is 5.56 Å². The van der Waals surface area contributed by atoms with Crippen molar-refractivity contribution in [2.75, 3.05) is 0 Å². The molecule has 0 saturated heterocycles. The Kier molecular flexibility index (Phi) is 4.74. The molecule has 0 bridgehead atoms. The van der Waals surface area contributed by atoms with Crippen molar-refractivity contribution >= 4 is 17.2 Å². The summed E-state index contributed by atoms with van der Waals surface area (Å²) in [5.41, 5.74) is 0.562. The maximum Gasteiger partial charge on any atom is 0.260 e. The van der Waals surface area contributed by atoms with Gasteiger partial charge in [0.25, 0.3) is 11.5 Å². The first-order valence-corrected chi connectivity index (χ1v) is 7.54. The maximum atomic E-state index is 12.2. The zero-order valence-electron chi connectivity index (χ0n) is 11.6. The lowest BCUT2D eigenvalue weighted by Crippen LogP contribution is -2.32. The van der Waals surface area contributed by atoms with Crippen LogP contribution in [0.15, 0.2) is 34.4 Å². The molecule has 0 unspecified atom stereocenters. The van der Waals surface area contributed by atoms with E-state index < -0.39 is 0 Å². The number of amides is 1. The lowest BCUT2D eigenvalue weighted by molar-refractivity contribution is 0.0933. The van der Waals surface area contributed by atoms with Gasteiger partial charge in [-0.2, -0.15) is 0 Å². The van der Waals surface area contributed by atoms with Crippen LogP contribution < -0.4 is 10.9 Å². The average molecular weight is 290 g/mol. The number of carbonyl (C=O) groups excluding carboxylic acids is 1. The van der Waals surface area contributed by atoms with Gasteiger partial charge in [-0.25, -0.2) is 0 Å². The van der Waals surface area contributed by atoms with Gasteiger partial charge in [0.15, 0.2) is 0 Å². The van der Waals surface area contributed by atoms with Gasteiger partial charge in [0.2, 0.25) is 0 Å². The van der Waals surface area contributed by atoms with Crippen LogP contribution in [-0.4, -0.2) is 10.9 Å². The second-order valence-electron chi connectivity index (χ2n) is 4.71. The van der Waals surface area contributed by atoms with Crippen molar-refractivity contribution in [3.63, 3.8) is 0 Å². The molecular formula is C15H18N2O2S. The van der Waals surface area contributed by atoms with Gasteiger partial charge in [0, 0.05) is 10.6 Å². The van der Waals surface area contributed by atoms with Gasteiger partial charge in [-0.15, -0.1) is 11.3 Å². The molecular weight excluding hydrogens is 272 g/mol. The van der Waals surface area contributed by atoms with Crippen molar-refractivity contribution in [1.82, 2.24) is 10.3 Å². The van der Waals surface area contributed by atoms with Gasteiger partial charge >= 0.3 is 0 Å². The van der Waals surface area contributed by atoms with Crippen molar-refractivity contribution in [3.8, 4) is 0 Å². The molecule has 4 nitrogen and oxygen atoms in total. The molecule has 2 aromatic heterocycles. The number of hydrogen-bond acceptors (Lipinski definition) is 3. The summed E-state index contributed by atoms with van der Waals surface area (Å²) < 4.78 is 0. The number of nitrogens with one attached hydrogen (secondary N) is 2. The number of hydrogen-bond donors (Lipinski definition) is 2. The number of aromatic nitrogens is 1. The molecule has 0 radical (unpaired) electrons. The first kappa shape index (κ1) is 14.5. The Balaban J connectivity index is 2.18. The largest absolute Gasteiger partial charge is 0.344 e. The Morgan fingerprint density at radius 2 is 2.20 bits per heavy atom. The van der Waals surface area contributed by atoms with Crippen LogP contribution in [0.3, 0.4) is 0 Å². The molecule has 20 heavy (non-hydrogen) atoms. The Morgan fingerprint density at radius 3 is 2.80 bits per heavy atom. The van der Waals surface area contributed by atoms with E-state index in [2.05, 4.69) is 17.2 Å². The van der Waals surface area contributed by atoms with Crippen LogP contribution in [0.4, 0.5) is 0 Å². The highest BCUT2D eigenvalue weighted by Crippen LogP contribution is 2.23. The number of aromatic amines is 1. The van der Waals surface area contributed by atoms with Gasteiger partial charge in [-0.1, -0.05) is 19.4 Å². The summed E-state index contributed by atoms with van der Waals surface area (Å²) in [6.45, 7) is 3.86. The molecule has 106 valence electrons. The van der Waals surface area contributed by atoms with Crippen molar-refractivity contribution in [2.24, 2.45) is 0 Å². The molecule has 1 atom stereocenters. The number of rotatable bonds is 5. The van der Waals surface area contributed by atoms with Gasteiger partial charge in [-0.3, -0.25) is 9.59 Å². The van der Waals surface area contributed by atoms with Crippen LogP contribution in [0.25, 0.3) is 0 Å². The SMILES string of the molecule is CCC[C@H](NC(=O)c1ccc(C)[nH]c1=O)c1cccs1. The molecule has 1 amide bonds. The lowest BCUT2D eigenvalue weighted by Gasteiger charge is -2.16. The van der Waals surface area contributed by atoms with Crippen LogP contribution >= 0.6 is 11.3 Å². The normalized spacial score (nSPS) is 12.1. The van der Waals surface area contributed by atoms with Crippen LogP contribution in [0, 0.1) is 6.92 Å². The Labute approximate surface area is 121 Å². The molecule has 2 rings (SSSR count). The average Bonchev–Trinajstić information content (AvgIpc) is 2.91. The zero-order valence-corrected chi connectivity index (χ0v) is 12.4. The minimum atomic E-state index is -0.344. The summed E-state index contributed by atoms with van der Waals surface area (Å²) in [5, 5.41) is 4.94. The third kappa shape index (κ3) is 3.36. The standard InChI is InChI=1S/C15H18N2O2S/c1-3-5-12(13-6-4-9-20-13)17-15(19)11-8-7-10(2)16-14(11)18/h4,6-9,12H,3,5H2,1-2H3,(H,16,18)(H,17,19)/t12-/m0/s1. The van der Waals surface area contributed by atoms with E-state index in [9.17, 15) is 9.59 Å². The summed E-state index contributed by atoms with van der Waals surface area (Å²) in [6.07, 6.45) is 1.82. The van der Waals surface area contributed by atoms with Gasteiger partial charge in [0.05, 0.1) is 6.04 Å². The van der Waals surface area contributed by atoms with E-state index in [-0.39, 0.29) is 23.1 Å². The fourth-order valence-electron chi connectivity index (χ4n) is 2.05. The third-order valence-electron chi connectivity index (χ3n) is 3.07. The van der Waals surface area contributed by atoms with E-state index in [0.29, 0.717) is 0 Å². The van der Waals surface area contributed by atoms with Crippen LogP contribution in [0.2, 0.25) is 0 Å². The van der Waals surface area contributed by atoms with E-state index in [1.54, 1.807) is 30.4 Å². The monoisotopic (exact) mass is 290 g/mol. The van der Waals surface area contributed by atoms with E-state index in [1.807, 2.05) is 17.5 Å². The summed E-state index contributed by atoms with van der Waals surface area (Å²) >= 11 is 1.61. The van der Waals surface area contributed by atoms with E-state index in [0.717, 1.165) is 23.4 Å². The molecule has 0 aliphatic carbocycles. The van der Waals surface area contributed by atoms with Gasteiger partial charge in [-0.05, 0) is 36.9 Å². The Bertz CT molecular complexity index is 632. The Morgan fingerprint density at radius 1 is 1.40 bits per heavy atom. The molecule has 5 heteroatoms. The summed E-state index contributed by atoms with van der Waals surface area (Å²) in [7, 11) is 0. The zero-order chi connectivity index (χ0) is 14.5.